The van der Waals surface area contributed by atoms with Crippen LogP contribution in [-0.4, -0.2) is 64.8 Å². The van der Waals surface area contributed by atoms with E-state index in [0.29, 0.717) is 46.7 Å². The summed E-state index contributed by atoms with van der Waals surface area (Å²) in [5.74, 6) is -4.47. The molecule has 6 aromatic rings. The van der Waals surface area contributed by atoms with Crippen LogP contribution < -0.4 is 19.4 Å². The molecule has 65 heavy (non-hydrogen) atoms. The van der Waals surface area contributed by atoms with Crippen molar-refractivity contribution in [3.63, 3.8) is 0 Å². The molecule has 2 aromatic heterocycles. The SMILES string of the molecule is Cc1c(-c2cc(N3C(=O)C4CC5C(=CCC6C(=O)N(c7ccc(N8CCOCC8)cc7)C(=O)C65)C(c5ccc(OCc6ccccc6)cc5O)C4(C)C3=O)n(C)n2)sc2ccc(Cl)cc12. The molecule has 0 radical (unpaired) electrons. The number of morpholine rings is 1. The summed E-state index contributed by atoms with van der Waals surface area (Å²) in [6, 6.07) is 29.8. The molecule has 0 spiro atoms. The van der Waals surface area contributed by atoms with Crippen molar-refractivity contribution in [3.8, 4) is 22.1 Å². The van der Waals surface area contributed by atoms with Gasteiger partial charge in [0.2, 0.25) is 23.6 Å². The molecule has 3 aliphatic heterocycles. The smallest absolute Gasteiger partial charge is 0.242 e. The van der Waals surface area contributed by atoms with Crippen molar-refractivity contribution in [1.82, 2.24) is 9.78 Å². The van der Waals surface area contributed by atoms with Gasteiger partial charge in [-0.3, -0.25) is 28.8 Å². The Morgan fingerprint density at radius 2 is 1.63 bits per heavy atom. The first kappa shape index (κ1) is 41.4. The predicted octanol–water partition coefficient (Wildman–Crippen LogP) is 8.82. The highest BCUT2D eigenvalue weighted by Crippen LogP contribution is 2.64. The zero-order valence-corrected chi connectivity index (χ0v) is 37.6. The summed E-state index contributed by atoms with van der Waals surface area (Å²) in [7, 11) is 1.72. The van der Waals surface area contributed by atoms with E-state index in [9.17, 15) is 14.7 Å². The largest absolute Gasteiger partial charge is 0.508 e. The highest BCUT2D eigenvalue weighted by atomic mass is 35.5. The van der Waals surface area contributed by atoms with Crippen molar-refractivity contribution in [2.24, 2.45) is 36.1 Å². The fourth-order valence-corrected chi connectivity index (χ4v) is 12.6. The second kappa shape index (κ2) is 15.7. The molecule has 6 unspecified atom stereocenters. The Balaban J connectivity index is 0.973. The summed E-state index contributed by atoms with van der Waals surface area (Å²) in [6.07, 6.45) is 2.44. The molecule has 4 fully saturated rings. The third-order valence-electron chi connectivity index (χ3n) is 14.5. The molecular formula is C51H46ClN5O7S. The number of aryl methyl sites for hydroxylation is 2. The second-order valence-corrected chi connectivity index (χ2v) is 19.5. The van der Waals surface area contributed by atoms with E-state index in [-0.39, 0.29) is 37.0 Å². The number of hydrogen-bond donors (Lipinski definition) is 1. The number of fused-ring (bicyclic) bond motifs is 5. The summed E-state index contributed by atoms with van der Waals surface area (Å²) >= 11 is 7.93. The van der Waals surface area contributed by atoms with Gasteiger partial charge in [0.25, 0.3) is 0 Å². The lowest BCUT2D eigenvalue weighted by Gasteiger charge is -2.49. The number of carbonyl (C=O) groups excluding carboxylic acids is 4. The molecule has 2 aliphatic carbocycles. The van der Waals surface area contributed by atoms with Crippen LogP contribution in [-0.2, 0) is 37.6 Å². The third-order valence-corrected chi connectivity index (χ3v) is 16.1. The number of anilines is 3. The van der Waals surface area contributed by atoms with Crippen molar-refractivity contribution >= 4 is 73.8 Å². The lowest BCUT2D eigenvalue weighted by molar-refractivity contribution is -0.131. The number of phenolic OH excluding ortho intramolecular Hbond substituents is 1. The summed E-state index contributed by atoms with van der Waals surface area (Å²) in [4.78, 5) is 65.5. The maximum atomic E-state index is 15.4. The predicted molar refractivity (Wildman–Crippen MR) is 249 cm³/mol. The minimum atomic E-state index is -1.38. The number of allylic oxidation sites excluding steroid dienone is 2. The molecule has 3 saturated heterocycles. The number of aromatic hydroxyl groups is 1. The Morgan fingerprint density at radius 3 is 2.38 bits per heavy atom. The molecule has 0 bridgehead atoms. The van der Waals surface area contributed by atoms with Gasteiger partial charge >= 0.3 is 0 Å². The Bertz CT molecular complexity index is 2980. The van der Waals surface area contributed by atoms with Gasteiger partial charge in [-0.2, -0.15) is 5.10 Å². The number of aromatic nitrogens is 2. The van der Waals surface area contributed by atoms with Gasteiger partial charge in [0.15, 0.2) is 0 Å². The molecule has 4 aromatic carbocycles. The molecule has 1 N–H and O–H groups in total. The van der Waals surface area contributed by atoms with Gasteiger partial charge in [-0.25, -0.2) is 4.90 Å². The van der Waals surface area contributed by atoms with Gasteiger partial charge in [0.05, 0.1) is 46.9 Å². The van der Waals surface area contributed by atoms with Gasteiger partial charge in [-0.1, -0.05) is 59.6 Å². The first-order chi connectivity index (χ1) is 31.4. The van der Waals surface area contributed by atoms with E-state index in [1.807, 2.05) is 92.7 Å². The minimum absolute atomic E-state index is 0.0955. The maximum Gasteiger partial charge on any atom is 0.242 e. The van der Waals surface area contributed by atoms with Crippen LogP contribution >= 0.6 is 22.9 Å². The Morgan fingerprint density at radius 1 is 0.877 bits per heavy atom. The van der Waals surface area contributed by atoms with Crippen molar-refractivity contribution in [2.45, 2.75) is 39.2 Å². The van der Waals surface area contributed by atoms with Crippen LogP contribution in [0.2, 0.25) is 5.02 Å². The first-order valence-electron chi connectivity index (χ1n) is 22.0. The minimum Gasteiger partial charge on any atom is -0.508 e. The molecule has 4 amide bonds. The number of halogens is 1. The van der Waals surface area contributed by atoms with E-state index in [1.54, 1.807) is 47.3 Å². The molecule has 14 heteroatoms. The number of rotatable bonds is 8. The number of ether oxygens (including phenoxy) is 2. The number of nitrogens with zero attached hydrogens (tertiary/aromatic N) is 5. The molecule has 11 rings (SSSR count). The number of imide groups is 2. The summed E-state index contributed by atoms with van der Waals surface area (Å²) in [5.41, 5.74) is 3.89. The monoisotopic (exact) mass is 907 g/mol. The number of amides is 4. The number of phenols is 1. The number of hydrogen-bond acceptors (Lipinski definition) is 10. The summed E-state index contributed by atoms with van der Waals surface area (Å²) in [5, 5.41) is 18.5. The Kier molecular flexibility index (Phi) is 10.0. The first-order valence-corrected chi connectivity index (χ1v) is 23.2. The fraction of sp³-hybridized carbons (Fsp3) is 0.314. The molecular weight excluding hydrogens is 862 g/mol. The van der Waals surface area contributed by atoms with Crippen LogP contribution in [0, 0.1) is 36.0 Å². The lowest BCUT2D eigenvalue weighted by atomic mass is 9.51. The third kappa shape index (κ3) is 6.53. The average molecular weight is 908 g/mol. The number of carbonyl (C=O) groups is 4. The van der Waals surface area contributed by atoms with Crippen molar-refractivity contribution in [2.75, 3.05) is 41.0 Å². The molecule has 5 heterocycles. The molecule has 12 nitrogen and oxygen atoms in total. The van der Waals surface area contributed by atoms with Crippen molar-refractivity contribution in [1.29, 1.82) is 0 Å². The van der Waals surface area contributed by atoms with E-state index in [4.69, 9.17) is 26.2 Å². The molecule has 1 saturated carbocycles. The van der Waals surface area contributed by atoms with Crippen LogP contribution in [0.1, 0.15) is 42.4 Å². The summed E-state index contributed by atoms with van der Waals surface area (Å²) in [6.45, 7) is 6.87. The maximum absolute atomic E-state index is 15.4. The van der Waals surface area contributed by atoms with E-state index >= 15 is 9.59 Å². The van der Waals surface area contributed by atoms with E-state index in [1.165, 1.54) is 9.80 Å². The van der Waals surface area contributed by atoms with Crippen LogP contribution in [0.5, 0.6) is 11.5 Å². The highest BCUT2D eigenvalue weighted by Gasteiger charge is 2.68. The lowest BCUT2D eigenvalue weighted by Crippen LogP contribution is -2.49. The molecule has 6 atom stereocenters. The van der Waals surface area contributed by atoms with Crippen LogP contribution in [0.3, 0.4) is 0 Å². The van der Waals surface area contributed by atoms with Gasteiger partial charge < -0.3 is 19.5 Å². The topological polar surface area (TPSA) is 135 Å². The standard InChI is InChI=1S/C51H46ClN5O7S/c1-28-37-23-30(52)9-18-42(37)65-46(28)40-26-43(54(3)53-40)57-48(60)39-25-38-34(45(51(39,2)50(57)62)35-15-14-33(24-41(35)58)64-27-29-7-5-4-6-8-29)16-17-36-44(38)49(61)56(47(36)59)32-12-10-31(11-13-32)55-19-21-63-22-20-55/h4-16,18,23-24,26,36,38-39,44-45,58H,17,19-22,25,27H2,1-3H3. The summed E-state index contributed by atoms with van der Waals surface area (Å²) < 4.78 is 14.2. The van der Waals surface area contributed by atoms with Gasteiger partial charge in [0, 0.05) is 59.2 Å². The molecule has 330 valence electrons. The van der Waals surface area contributed by atoms with Gasteiger partial charge in [-0.15, -0.1) is 11.3 Å². The normalized spacial score (nSPS) is 25.3. The van der Waals surface area contributed by atoms with Gasteiger partial charge in [0.1, 0.15) is 29.6 Å². The zero-order valence-electron chi connectivity index (χ0n) is 36.1. The van der Waals surface area contributed by atoms with E-state index in [2.05, 4.69) is 4.90 Å². The second-order valence-electron chi connectivity index (χ2n) is 18.0. The van der Waals surface area contributed by atoms with Crippen LogP contribution in [0.25, 0.3) is 20.7 Å². The Labute approximate surface area is 384 Å². The van der Waals surface area contributed by atoms with Crippen molar-refractivity contribution in [3.05, 3.63) is 130 Å². The van der Waals surface area contributed by atoms with Gasteiger partial charge in [-0.05, 0) is 97.7 Å². The average Bonchev–Trinajstić information content (AvgIpc) is 3.99. The molecule has 5 aliphatic rings. The van der Waals surface area contributed by atoms with Crippen molar-refractivity contribution < 1.29 is 33.8 Å². The zero-order chi connectivity index (χ0) is 44.9. The van der Waals surface area contributed by atoms with Crippen LogP contribution in [0.4, 0.5) is 17.2 Å². The van der Waals surface area contributed by atoms with E-state index in [0.717, 1.165) is 50.4 Å². The number of thiophene rings is 1. The fourth-order valence-electron chi connectivity index (χ4n) is 11.3. The quantitative estimate of drug-likeness (QED) is 0.118. The van der Waals surface area contributed by atoms with E-state index < -0.39 is 46.8 Å². The Hall–Kier alpha value is -6.28. The van der Waals surface area contributed by atoms with Crippen LogP contribution in [0.15, 0.2) is 109 Å². The highest BCUT2D eigenvalue weighted by molar-refractivity contribution is 7.22. The number of benzene rings is 4.